The highest BCUT2D eigenvalue weighted by atomic mass is 35.5. The molecular formula is C9H10ClNO2. The van der Waals surface area contributed by atoms with E-state index >= 15 is 0 Å². The molecule has 3 nitrogen and oxygen atoms in total. The zero-order chi connectivity index (χ0) is 9.68. The molecular weight excluding hydrogens is 190 g/mol. The van der Waals surface area contributed by atoms with Gasteiger partial charge in [-0.15, -0.1) is 0 Å². The molecule has 0 amide bonds. The summed E-state index contributed by atoms with van der Waals surface area (Å²) in [5.74, 6) is 0.420. The van der Waals surface area contributed by atoms with Crippen molar-refractivity contribution in [3.8, 4) is 5.88 Å². The minimum atomic E-state index is -0.423. The normalized spacial score (nSPS) is 12.2. The van der Waals surface area contributed by atoms with Gasteiger partial charge < -0.3 is 4.74 Å². The molecule has 1 unspecified atom stereocenters. The van der Waals surface area contributed by atoms with Gasteiger partial charge in [0.1, 0.15) is 0 Å². The largest absolute Gasteiger partial charge is 0.467 e. The molecule has 0 radical (unpaired) electrons. The van der Waals surface area contributed by atoms with Crippen LogP contribution in [-0.4, -0.2) is 17.4 Å². The monoisotopic (exact) mass is 199 g/mol. The maximum absolute atomic E-state index is 10.4. The van der Waals surface area contributed by atoms with Crippen molar-refractivity contribution in [2.75, 3.05) is 0 Å². The van der Waals surface area contributed by atoms with Crippen LogP contribution in [-0.2, 0) is 4.79 Å². The Morgan fingerprint density at radius 3 is 2.92 bits per heavy atom. The van der Waals surface area contributed by atoms with Gasteiger partial charge in [0, 0.05) is 12.3 Å². The first-order chi connectivity index (χ1) is 6.26. The van der Waals surface area contributed by atoms with E-state index in [4.69, 9.17) is 16.3 Å². The van der Waals surface area contributed by atoms with Crippen LogP contribution >= 0.6 is 11.6 Å². The van der Waals surface area contributed by atoms with Gasteiger partial charge >= 0.3 is 0 Å². The van der Waals surface area contributed by atoms with Crippen LogP contribution in [0.3, 0.4) is 0 Å². The van der Waals surface area contributed by atoms with Gasteiger partial charge in [-0.25, -0.2) is 4.98 Å². The first-order valence-corrected chi connectivity index (χ1v) is 4.37. The van der Waals surface area contributed by atoms with Gasteiger partial charge in [0.15, 0.2) is 12.4 Å². The number of nitrogens with zero attached hydrogens (tertiary/aromatic N) is 1. The molecule has 0 aliphatic heterocycles. The van der Waals surface area contributed by atoms with E-state index in [0.29, 0.717) is 17.3 Å². The molecule has 0 bridgehead atoms. The zero-order valence-electron chi connectivity index (χ0n) is 7.24. The highest BCUT2D eigenvalue weighted by Gasteiger charge is 2.05. The molecule has 1 aromatic rings. The predicted molar refractivity (Wildman–Crippen MR) is 50.0 cm³/mol. The SMILES string of the molecule is CCC(C=O)Oc1ccc(Cl)cn1. The lowest BCUT2D eigenvalue weighted by atomic mass is 10.3. The molecule has 0 N–H and O–H groups in total. The smallest absolute Gasteiger partial charge is 0.213 e. The summed E-state index contributed by atoms with van der Waals surface area (Å²) >= 11 is 5.63. The molecule has 1 aromatic heterocycles. The van der Waals surface area contributed by atoms with E-state index in [-0.39, 0.29) is 0 Å². The third-order valence-corrected chi connectivity index (χ3v) is 1.75. The maximum atomic E-state index is 10.4. The molecule has 0 spiro atoms. The summed E-state index contributed by atoms with van der Waals surface area (Å²) in [6.45, 7) is 1.87. The van der Waals surface area contributed by atoms with E-state index in [1.165, 1.54) is 6.20 Å². The van der Waals surface area contributed by atoms with Gasteiger partial charge in [0.2, 0.25) is 5.88 Å². The van der Waals surface area contributed by atoms with Crippen LogP contribution in [0.4, 0.5) is 0 Å². The number of aldehydes is 1. The van der Waals surface area contributed by atoms with Gasteiger partial charge in [-0.05, 0) is 12.5 Å². The first kappa shape index (κ1) is 9.99. The summed E-state index contributed by atoms with van der Waals surface area (Å²) < 4.78 is 5.23. The fourth-order valence-electron chi connectivity index (χ4n) is 0.794. The van der Waals surface area contributed by atoms with E-state index in [1.54, 1.807) is 12.1 Å². The van der Waals surface area contributed by atoms with Crippen molar-refractivity contribution >= 4 is 17.9 Å². The molecule has 0 saturated carbocycles. The van der Waals surface area contributed by atoms with Gasteiger partial charge in [-0.3, -0.25) is 4.79 Å². The molecule has 0 saturated heterocycles. The van der Waals surface area contributed by atoms with Gasteiger partial charge in [-0.2, -0.15) is 0 Å². The lowest BCUT2D eigenvalue weighted by molar-refractivity contribution is -0.113. The molecule has 1 rings (SSSR count). The summed E-state index contributed by atoms with van der Waals surface area (Å²) in [7, 11) is 0. The Labute approximate surface area is 81.7 Å². The fraction of sp³-hybridized carbons (Fsp3) is 0.333. The maximum Gasteiger partial charge on any atom is 0.213 e. The molecule has 13 heavy (non-hydrogen) atoms. The Kier molecular flexibility index (Phi) is 3.71. The van der Waals surface area contributed by atoms with Crippen LogP contribution in [0.1, 0.15) is 13.3 Å². The number of ether oxygens (including phenoxy) is 1. The third kappa shape index (κ3) is 3.03. The quantitative estimate of drug-likeness (QED) is 0.697. The van der Waals surface area contributed by atoms with E-state index in [9.17, 15) is 4.79 Å². The first-order valence-electron chi connectivity index (χ1n) is 3.99. The van der Waals surface area contributed by atoms with Crippen molar-refractivity contribution in [2.45, 2.75) is 19.4 Å². The zero-order valence-corrected chi connectivity index (χ0v) is 7.99. The summed E-state index contributed by atoms with van der Waals surface area (Å²) in [4.78, 5) is 14.3. The Morgan fingerprint density at radius 1 is 1.69 bits per heavy atom. The number of rotatable bonds is 4. The predicted octanol–water partition coefficient (Wildman–Crippen LogP) is 2.09. The van der Waals surface area contributed by atoms with E-state index in [0.717, 1.165) is 6.29 Å². The number of hydrogen-bond donors (Lipinski definition) is 0. The van der Waals surface area contributed by atoms with E-state index in [2.05, 4.69) is 4.98 Å². The summed E-state index contributed by atoms with van der Waals surface area (Å²) in [6.07, 6.45) is 2.45. The minimum absolute atomic E-state index is 0.420. The number of aromatic nitrogens is 1. The van der Waals surface area contributed by atoms with Gasteiger partial charge in [0.05, 0.1) is 5.02 Å². The van der Waals surface area contributed by atoms with E-state index in [1.807, 2.05) is 6.92 Å². The van der Waals surface area contributed by atoms with Crippen molar-refractivity contribution in [1.29, 1.82) is 0 Å². The fourth-order valence-corrected chi connectivity index (χ4v) is 0.906. The molecule has 1 heterocycles. The topological polar surface area (TPSA) is 39.2 Å². The van der Waals surface area contributed by atoms with Crippen LogP contribution in [0.2, 0.25) is 5.02 Å². The Bertz CT molecular complexity index is 273. The van der Waals surface area contributed by atoms with Crippen LogP contribution < -0.4 is 4.74 Å². The Hall–Kier alpha value is -1.09. The molecule has 1 atom stereocenters. The number of carbonyl (C=O) groups excluding carboxylic acids is 1. The number of halogens is 1. The molecule has 4 heteroatoms. The average Bonchev–Trinajstić information content (AvgIpc) is 2.17. The van der Waals surface area contributed by atoms with Gasteiger partial charge in [0.25, 0.3) is 0 Å². The van der Waals surface area contributed by atoms with Gasteiger partial charge in [-0.1, -0.05) is 18.5 Å². The van der Waals surface area contributed by atoms with Crippen LogP contribution in [0.25, 0.3) is 0 Å². The van der Waals surface area contributed by atoms with Crippen molar-refractivity contribution in [3.63, 3.8) is 0 Å². The molecule has 0 aromatic carbocycles. The lowest BCUT2D eigenvalue weighted by Gasteiger charge is -2.09. The molecule has 0 aliphatic rings. The van der Waals surface area contributed by atoms with Crippen LogP contribution in [0.5, 0.6) is 5.88 Å². The third-order valence-electron chi connectivity index (χ3n) is 1.53. The van der Waals surface area contributed by atoms with Crippen molar-refractivity contribution in [2.24, 2.45) is 0 Å². The molecule has 0 aliphatic carbocycles. The summed E-state index contributed by atoms with van der Waals surface area (Å²) in [5, 5.41) is 0.548. The Morgan fingerprint density at radius 2 is 2.46 bits per heavy atom. The second-order valence-corrected chi connectivity index (χ2v) is 2.95. The lowest BCUT2D eigenvalue weighted by Crippen LogP contribution is -2.17. The average molecular weight is 200 g/mol. The van der Waals surface area contributed by atoms with Crippen LogP contribution in [0, 0.1) is 0 Å². The number of pyridine rings is 1. The van der Waals surface area contributed by atoms with Crippen molar-refractivity contribution < 1.29 is 9.53 Å². The number of hydrogen-bond acceptors (Lipinski definition) is 3. The second kappa shape index (κ2) is 4.82. The minimum Gasteiger partial charge on any atom is -0.467 e. The van der Waals surface area contributed by atoms with Crippen molar-refractivity contribution in [1.82, 2.24) is 4.98 Å². The highest BCUT2D eigenvalue weighted by Crippen LogP contribution is 2.12. The number of carbonyl (C=O) groups is 1. The second-order valence-electron chi connectivity index (χ2n) is 2.52. The molecule has 70 valence electrons. The van der Waals surface area contributed by atoms with Crippen molar-refractivity contribution in [3.05, 3.63) is 23.4 Å². The molecule has 0 fully saturated rings. The van der Waals surface area contributed by atoms with Crippen LogP contribution in [0.15, 0.2) is 18.3 Å². The van der Waals surface area contributed by atoms with E-state index < -0.39 is 6.10 Å². The highest BCUT2D eigenvalue weighted by molar-refractivity contribution is 6.30. The summed E-state index contributed by atoms with van der Waals surface area (Å²) in [6, 6.07) is 3.30. The standard InChI is InChI=1S/C9H10ClNO2/c1-2-8(6-12)13-9-4-3-7(10)5-11-9/h3-6,8H,2H2,1H3. The summed E-state index contributed by atoms with van der Waals surface area (Å²) in [5.41, 5.74) is 0. The Balaban J connectivity index is 2.63.